The van der Waals surface area contributed by atoms with Crippen molar-refractivity contribution in [3.63, 3.8) is 0 Å². The van der Waals surface area contributed by atoms with Crippen molar-refractivity contribution in [1.29, 1.82) is 0 Å². The quantitative estimate of drug-likeness (QED) is 0.534. The Hall–Kier alpha value is -3.85. The summed E-state index contributed by atoms with van der Waals surface area (Å²) in [6.45, 7) is 7.23. The molecule has 224 valence electrons. The molecule has 3 saturated heterocycles. The van der Waals surface area contributed by atoms with Crippen LogP contribution in [0.5, 0.6) is 0 Å². The predicted molar refractivity (Wildman–Crippen MR) is 158 cm³/mol. The van der Waals surface area contributed by atoms with Gasteiger partial charge in [0.1, 0.15) is 11.9 Å². The zero-order valence-corrected chi connectivity index (χ0v) is 24.7. The number of fused-ring (bicyclic) bond motifs is 3. The Morgan fingerprint density at radius 1 is 1.02 bits per heavy atom. The van der Waals surface area contributed by atoms with Crippen molar-refractivity contribution in [2.75, 3.05) is 19.6 Å². The standard InChI is InChI=1S/C34H37FN4O4/c1-34(2)12-11-22(28(15-34)20-3-6-24(35)7-4-20)16-37-18-26-14-25(37)19-38(26)32(42)21-5-8-27-23(13-21)17-39(33(27)43)29-9-10-30(40)36-31(29)41/h3-8,13,25-26,29H,9-12,14-19H2,1-2H3,(H,36,40,41)/t25-,26-,29?/m1/s1. The molecular formula is C34H37FN4O4. The molecule has 2 aromatic rings. The van der Waals surface area contributed by atoms with Gasteiger partial charge in [0.15, 0.2) is 0 Å². The first-order valence-corrected chi connectivity index (χ1v) is 15.4. The maximum Gasteiger partial charge on any atom is 0.255 e. The smallest absolute Gasteiger partial charge is 0.255 e. The minimum atomic E-state index is -0.675. The molecule has 2 aromatic carbocycles. The Balaban J connectivity index is 1.03. The number of nitrogens with zero attached hydrogens (tertiary/aromatic N) is 3. The summed E-state index contributed by atoms with van der Waals surface area (Å²) >= 11 is 0. The summed E-state index contributed by atoms with van der Waals surface area (Å²) in [5.41, 5.74) is 5.90. The number of hydrogen-bond donors (Lipinski definition) is 1. The molecule has 0 aromatic heterocycles. The van der Waals surface area contributed by atoms with E-state index in [2.05, 4.69) is 24.1 Å². The van der Waals surface area contributed by atoms with Crippen LogP contribution in [0.25, 0.3) is 5.57 Å². The molecule has 4 heterocycles. The van der Waals surface area contributed by atoms with Crippen LogP contribution in [0.3, 0.4) is 0 Å². The van der Waals surface area contributed by atoms with E-state index in [1.165, 1.54) is 16.0 Å². The van der Waals surface area contributed by atoms with Gasteiger partial charge in [-0.25, -0.2) is 4.39 Å². The van der Waals surface area contributed by atoms with Crippen molar-refractivity contribution in [3.05, 3.63) is 76.1 Å². The SMILES string of the molecule is CC1(C)CCC(CN2C[C@H]3C[C@@H]2CN3C(=O)c2ccc3c(c2)CN(C2CCC(=O)NC2=O)C3=O)=C(c2ccc(F)cc2)C1. The second-order valence-corrected chi connectivity index (χ2v) is 13.6. The zero-order valence-electron chi connectivity index (χ0n) is 24.7. The van der Waals surface area contributed by atoms with Gasteiger partial charge in [-0.3, -0.25) is 29.4 Å². The molecular weight excluding hydrogens is 547 g/mol. The topological polar surface area (TPSA) is 90.0 Å². The van der Waals surface area contributed by atoms with E-state index >= 15 is 0 Å². The Kier molecular flexibility index (Phi) is 6.76. The van der Waals surface area contributed by atoms with Gasteiger partial charge in [-0.05, 0) is 84.6 Å². The van der Waals surface area contributed by atoms with Gasteiger partial charge in [-0.2, -0.15) is 0 Å². The third kappa shape index (κ3) is 5.07. The van der Waals surface area contributed by atoms with Gasteiger partial charge in [-0.1, -0.05) is 31.6 Å². The van der Waals surface area contributed by atoms with Crippen LogP contribution >= 0.6 is 0 Å². The molecule has 4 aliphatic heterocycles. The lowest BCUT2D eigenvalue weighted by Crippen LogP contribution is -2.52. The van der Waals surface area contributed by atoms with E-state index in [-0.39, 0.29) is 48.0 Å². The third-order valence-corrected chi connectivity index (χ3v) is 10.2. The van der Waals surface area contributed by atoms with E-state index in [0.29, 0.717) is 30.1 Å². The number of hydrogen-bond acceptors (Lipinski definition) is 5. The largest absolute Gasteiger partial charge is 0.333 e. The zero-order chi connectivity index (χ0) is 30.0. The van der Waals surface area contributed by atoms with Crippen molar-refractivity contribution in [3.8, 4) is 0 Å². The number of nitrogens with one attached hydrogen (secondary N) is 1. The molecule has 43 heavy (non-hydrogen) atoms. The Morgan fingerprint density at radius 3 is 2.53 bits per heavy atom. The first-order valence-electron chi connectivity index (χ1n) is 15.4. The highest BCUT2D eigenvalue weighted by Gasteiger charge is 2.46. The summed E-state index contributed by atoms with van der Waals surface area (Å²) in [7, 11) is 0. The van der Waals surface area contributed by atoms with Crippen LogP contribution in [-0.2, 0) is 16.1 Å². The fourth-order valence-corrected chi connectivity index (χ4v) is 7.77. The van der Waals surface area contributed by atoms with E-state index in [1.54, 1.807) is 30.3 Å². The van der Waals surface area contributed by atoms with Gasteiger partial charge >= 0.3 is 0 Å². The number of piperazine rings is 1. The van der Waals surface area contributed by atoms with Crippen molar-refractivity contribution in [2.45, 2.75) is 77.0 Å². The van der Waals surface area contributed by atoms with Crippen LogP contribution in [0, 0.1) is 11.2 Å². The van der Waals surface area contributed by atoms with Crippen LogP contribution in [0.2, 0.25) is 0 Å². The minimum Gasteiger partial charge on any atom is -0.333 e. The number of rotatable bonds is 5. The Labute approximate surface area is 250 Å². The average Bonchev–Trinajstić information content (AvgIpc) is 3.66. The number of carbonyl (C=O) groups excluding carboxylic acids is 4. The molecule has 0 spiro atoms. The molecule has 1 unspecified atom stereocenters. The van der Waals surface area contributed by atoms with Crippen molar-refractivity contribution in [1.82, 2.24) is 20.0 Å². The van der Waals surface area contributed by atoms with Crippen molar-refractivity contribution < 1.29 is 23.6 Å². The summed E-state index contributed by atoms with van der Waals surface area (Å²) < 4.78 is 13.7. The maximum absolute atomic E-state index is 13.7. The lowest BCUT2D eigenvalue weighted by atomic mass is 9.72. The molecule has 7 rings (SSSR count). The fourth-order valence-electron chi connectivity index (χ4n) is 7.77. The van der Waals surface area contributed by atoms with Crippen molar-refractivity contribution in [2.24, 2.45) is 5.41 Å². The molecule has 1 aliphatic carbocycles. The van der Waals surface area contributed by atoms with Gasteiger partial charge in [0.2, 0.25) is 11.8 Å². The predicted octanol–water partition coefficient (Wildman–Crippen LogP) is 4.15. The van der Waals surface area contributed by atoms with Crippen molar-refractivity contribution >= 4 is 29.2 Å². The van der Waals surface area contributed by atoms with E-state index in [9.17, 15) is 23.6 Å². The number of likely N-dealkylation sites (tertiary alicyclic amines) is 2. The van der Waals surface area contributed by atoms with Crippen LogP contribution in [0.1, 0.15) is 84.2 Å². The summed E-state index contributed by atoms with van der Waals surface area (Å²) in [6.07, 6.45) is 4.59. The number of halogens is 1. The third-order valence-electron chi connectivity index (χ3n) is 10.2. The molecule has 2 bridgehead atoms. The van der Waals surface area contributed by atoms with Gasteiger partial charge in [0.25, 0.3) is 11.8 Å². The van der Waals surface area contributed by atoms with Crippen LogP contribution in [0.4, 0.5) is 4.39 Å². The molecule has 5 aliphatic rings. The van der Waals surface area contributed by atoms with Crippen LogP contribution in [-0.4, -0.2) is 76.1 Å². The van der Waals surface area contributed by atoms with E-state index < -0.39 is 11.9 Å². The summed E-state index contributed by atoms with van der Waals surface area (Å²) in [5.74, 6) is -1.23. The number of carbonyl (C=O) groups is 4. The molecule has 1 N–H and O–H groups in total. The normalized spacial score (nSPS) is 26.8. The highest BCUT2D eigenvalue weighted by molar-refractivity contribution is 6.06. The number of allylic oxidation sites excluding steroid dienone is 1. The highest BCUT2D eigenvalue weighted by atomic mass is 19.1. The van der Waals surface area contributed by atoms with Crippen LogP contribution in [0.15, 0.2) is 48.0 Å². The number of benzene rings is 2. The maximum atomic E-state index is 13.7. The summed E-state index contributed by atoms with van der Waals surface area (Å²) in [5, 5.41) is 2.33. The lowest BCUT2D eigenvalue weighted by Gasteiger charge is -2.38. The molecule has 0 saturated carbocycles. The minimum absolute atomic E-state index is 0.0208. The van der Waals surface area contributed by atoms with E-state index in [1.807, 2.05) is 17.0 Å². The Bertz CT molecular complexity index is 1560. The van der Waals surface area contributed by atoms with Gasteiger partial charge in [0.05, 0.1) is 0 Å². The molecule has 4 amide bonds. The summed E-state index contributed by atoms with van der Waals surface area (Å²) in [4.78, 5) is 56.7. The molecule has 0 radical (unpaired) electrons. The molecule has 3 atom stereocenters. The average molecular weight is 585 g/mol. The van der Waals surface area contributed by atoms with E-state index in [0.717, 1.165) is 49.9 Å². The van der Waals surface area contributed by atoms with Gasteiger partial charge in [-0.15, -0.1) is 0 Å². The molecule has 8 nitrogen and oxygen atoms in total. The monoisotopic (exact) mass is 584 g/mol. The second kappa shape index (κ2) is 10.4. The van der Waals surface area contributed by atoms with Crippen LogP contribution < -0.4 is 5.32 Å². The first kappa shape index (κ1) is 28.0. The lowest BCUT2D eigenvalue weighted by molar-refractivity contribution is -0.136. The molecule has 3 fully saturated rings. The number of amides is 4. The summed E-state index contributed by atoms with van der Waals surface area (Å²) in [6, 6.07) is 11.9. The van der Waals surface area contributed by atoms with Gasteiger partial charge in [0, 0.05) is 55.8 Å². The highest BCUT2D eigenvalue weighted by Crippen LogP contribution is 2.44. The van der Waals surface area contributed by atoms with E-state index in [4.69, 9.17) is 0 Å². The molecule has 9 heteroatoms. The van der Waals surface area contributed by atoms with Gasteiger partial charge < -0.3 is 9.80 Å². The second-order valence-electron chi connectivity index (χ2n) is 13.6. The fraction of sp³-hybridized carbons (Fsp3) is 0.471. The number of piperidine rings is 1. The first-order chi connectivity index (χ1) is 20.6. The number of imide groups is 1. The Morgan fingerprint density at radius 2 is 1.81 bits per heavy atom.